The van der Waals surface area contributed by atoms with Gasteiger partial charge >= 0.3 is 0 Å². The van der Waals surface area contributed by atoms with Crippen molar-refractivity contribution in [1.29, 1.82) is 0 Å². The molecule has 8 nitrogen and oxygen atoms in total. The molecular formula is C26H28N2O6. The van der Waals surface area contributed by atoms with Crippen molar-refractivity contribution >= 4 is 23.2 Å². The quantitative estimate of drug-likeness (QED) is 0.483. The third kappa shape index (κ3) is 4.71. The molecule has 178 valence electrons. The molecule has 0 spiro atoms. The van der Waals surface area contributed by atoms with Crippen molar-refractivity contribution in [3.05, 3.63) is 65.6 Å². The van der Waals surface area contributed by atoms with E-state index in [1.54, 1.807) is 29.2 Å². The molecule has 1 aliphatic heterocycles. The Morgan fingerprint density at radius 1 is 0.971 bits per heavy atom. The number of nitrogens with zero attached hydrogens (tertiary/aromatic N) is 1. The Morgan fingerprint density at radius 3 is 2.29 bits per heavy atom. The van der Waals surface area contributed by atoms with E-state index in [0.29, 0.717) is 54.9 Å². The van der Waals surface area contributed by atoms with Crippen LogP contribution in [-0.2, 0) is 6.42 Å². The lowest BCUT2D eigenvalue weighted by atomic mass is 10.1. The Balaban J connectivity index is 1.60. The third-order valence-electron chi connectivity index (χ3n) is 5.39. The molecule has 3 aromatic rings. The number of anilines is 2. The minimum Gasteiger partial charge on any atom is -0.490 e. The topological polar surface area (TPSA) is 90.2 Å². The molecule has 8 heteroatoms. The molecule has 2 heterocycles. The van der Waals surface area contributed by atoms with E-state index in [2.05, 4.69) is 5.32 Å². The van der Waals surface area contributed by atoms with Crippen molar-refractivity contribution in [2.75, 3.05) is 36.6 Å². The van der Waals surface area contributed by atoms with E-state index in [9.17, 15) is 9.59 Å². The maximum absolute atomic E-state index is 13.1. The molecule has 0 saturated heterocycles. The van der Waals surface area contributed by atoms with Gasteiger partial charge in [-0.1, -0.05) is 6.07 Å². The molecule has 1 aromatic heterocycles. The lowest BCUT2D eigenvalue weighted by Gasteiger charge is -2.18. The second-order valence-corrected chi connectivity index (χ2v) is 7.58. The lowest BCUT2D eigenvalue weighted by molar-refractivity contribution is 0.0962. The minimum absolute atomic E-state index is 0.207. The van der Waals surface area contributed by atoms with Gasteiger partial charge in [0, 0.05) is 23.5 Å². The smallest absolute Gasteiger partial charge is 0.293 e. The Bertz CT molecular complexity index is 1150. The normalized spacial score (nSPS) is 12.3. The highest BCUT2D eigenvalue weighted by Crippen LogP contribution is 2.39. The maximum Gasteiger partial charge on any atom is 0.293 e. The molecular weight excluding hydrogens is 436 g/mol. The number of fused-ring (bicyclic) bond motifs is 1. The summed E-state index contributed by atoms with van der Waals surface area (Å²) in [6, 6.07) is 12.2. The van der Waals surface area contributed by atoms with E-state index in [-0.39, 0.29) is 17.6 Å². The number of rotatable bonds is 9. The number of carbonyl (C=O) groups is 2. The fourth-order valence-corrected chi connectivity index (χ4v) is 3.92. The number of hydrogen-bond donors (Lipinski definition) is 1. The molecule has 2 aromatic carbocycles. The van der Waals surface area contributed by atoms with Gasteiger partial charge in [0.1, 0.15) is 0 Å². The summed E-state index contributed by atoms with van der Waals surface area (Å²) in [5.41, 5.74) is 2.75. The molecule has 0 atom stereocenters. The van der Waals surface area contributed by atoms with Gasteiger partial charge in [-0.05, 0) is 69.2 Å². The zero-order valence-corrected chi connectivity index (χ0v) is 19.6. The van der Waals surface area contributed by atoms with E-state index >= 15 is 0 Å². The summed E-state index contributed by atoms with van der Waals surface area (Å²) < 4.78 is 22.4. The van der Waals surface area contributed by atoms with E-state index in [4.69, 9.17) is 18.6 Å². The van der Waals surface area contributed by atoms with Crippen LogP contribution in [-0.4, -0.2) is 38.2 Å². The molecule has 1 N–H and O–H groups in total. The van der Waals surface area contributed by atoms with Gasteiger partial charge in [-0.25, -0.2) is 0 Å². The molecule has 0 saturated carbocycles. The second kappa shape index (κ2) is 10.3. The van der Waals surface area contributed by atoms with E-state index in [1.807, 2.05) is 39.0 Å². The van der Waals surface area contributed by atoms with Crippen LogP contribution in [0.25, 0.3) is 0 Å². The number of carbonyl (C=O) groups excluding carboxylic acids is 2. The fourth-order valence-electron chi connectivity index (χ4n) is 3.92. The zero-order valence-electron chi connectivity index (χ0n) is 19.6. The summed E-state index contributed by atoms with van der Waals surface area (Å²) in [7, 11) is 0. The van der Waals surface area contributed by atoms with Crippen LogP contribution >= 0.6 is 0 Å². The molecule has 0 fully saturated rings. The van der Waals surface area contributed by atoms with Crippen molar-refractivity contribution in [1.82, 2.24) is 0 Å². The van der Waals surface area contributed by atoms with Gasteiger partial charge in [-0.15, -0.1) is 0 Å². The first-order valence-electron chi connectivity index (χ1n) is 11.4. The number of furan rings is 1. The summed E-state index contributed by atoms with van der Waals surface area (Å²) >= 11 is 0. The van der Waals surface area contributed by atoms with Crippen LogP contribution in [0.4, 0.5) is 11.4 Å². The Morgan fingerprint density at radius 2 is 1.68 bits per heavy atom. The summed E-state index contributed by atoms with van der Waals surface area (Å²) in [4.78, 5) is 27.6. The van der Waals surface area contributed by atoms with Crippen LogP contribution in [0, 0.1) is 0 Å². The second-order valence-electron chi connectivity index (χ2n) is 7.58. The third-order valence-corrected chi connectivity index (χ3v) is 5.39. The zero-order chi connectivity index (χ0) is 24.1. The summed E-state index contributed by atoms with van der Waals surface area (Å²) in [6.07, 6.45) is 2.22. The first-order chi connectivity index (χ1) is 16.5. The van der Waals surface area contributed by atoms with E-state index in [1.165, 1.54) is 6.26 Å². The number of hydrogen-bond acceptors (Lipinski definition) is 6. The van der Waals surface area contributed by atoms with E-state index in [0.717, 1.165) is 17.7 Å². The average Bonchev–Trinajstić information content (AvgIpc) is 3.51. The van der Waals surface area contributed by atoms with Crippen LogP contribution in [0.3, 0.4) is 0 Å². The molecule has 0 aliphatic carbocycles. The van der Waals surface area contributed by atoms with Crippen molar-refractivity contribution in [2.24, 2.45) is 0 Å². The van der Waals surface area contributed by atoms with Gasteiger partial charge < -0.3 is 28.8 Å². The van der Waals surface area contributed by atoms with Crippen molar-refractivity contribution in [2.45, 2.75) is 27.2 Å². The predicted molar refractivity (Wildman–Crippen MR) is 128 cm³/mol. The van der Waals surface area contributed by atoms with Crippen LogP contribution in [0.5, 0.6) is 17.2 Å². The van der Waals surface area contributed by atoms with E-state index < -0.39 is 0 Å². The van der Waals surface area contributed by atoms with Gasteiger partial charge in [0.2, 0.25) is 5.75 Å². The minimum atomic E-state index is -0.327. The first kappa shape index (κ1) is 23.2. The SMILES string of the molecule is CCOc1cc(C(=O)Nc2ccc3c(c2)N(C(=O)c2ccco2)CC3)cc(OCC)c1OCC. The highest BCUT2D eigenvalue weighted by Gasteiger charge is 2.27. The van der Waals surface area contributed by atoms with Crippen LogP contribution < -0.4 is 24.4 Å². The van der Waals surface area contributed by atoms with Gasteiger partial charge in [0.15, 0.2) is 17.3 Å². The first-order valence-corrected chi connectivity index (χ1v) is 11.4. The molecule has 0 unspecified atom stereocenters. The number of amides is 2. The van der Waals surface area contributed by atoms with Crippen LogP contribution in [0.1, 0.15) is 47.2 Å². The van der Waals surface area contributed by atoms with Gasteiger partial charge in [-0.3, -0.25) is 9.59 Å². The maximum atomic E-state index is 13.1. The van der Waals surface area contributed by atoms with Crippen molar-refractivity contribution in [3.63, 3.8) is 0 Å². The standard InChI is InChI=1S/C26H28N2O6/c1-4-31-22-14-18(15-23(32-5-2)24(22)33-6-3)25(29)27-19-10-9-17-11-12-28(20(17)16-19)26(30)21-8-7-13-34-21/h7-10,13-16H,4-6,11-12H2,1-3H3,(H,27,29). The molecule has 0 radical (unpaired) electrons. The molecule has 0 bridgehead atoms. The predicted octanol–water partition coefficient (Wildman–Crippen LogP) is 4.93. The van der Waals surface area contributed by atoms with Crippen molar-refractivity contribution < 1.29 is 28.2 Å². The van der Waals surface area contributed by atoms with Crippen molar-refractivity contribution in [3.8, 4) is 17.2 Å². The number of nitrogens with one attached hydrogen (secondary N) is 1. The monoisotopic (exact) mass is 464 g/mol. The van der Waals surface area contributed by atoms with Gasteiger partial charge in [0.05, 0.1) is 26.1 Å². The Labute approximate surface area is 198 Å². The molecule has 4 rings (SSSR count). The van der Waals surface area contributed by atoms with Crippen LogP contribution in [0.2, 0.25) is 0 Å². The van der Waals surface area contributed by atoms with Gasteiger partial charge in [-0.2, -0.15) is 0 Å². The Kier molecular flexibility index (Phi) is 7.06. The molecule has 34 heavy (non-hydrogen) atoms. The largest absolute Gasteiger partial charge is 0.490 e. The molecule has 1 aliphatic rings. The summed E-state index contributed by atoms with van der Waals surface area (Å²) in [5, 5.41) is 2.92. The molecule has 2 amide bonds. The fraction of sp³-hybridized carbons (Fsp3) is 0.308. The average molecular weight is 465 g/mol. The van der Waals surface area contributed by atoms with Gasteiger partial charge in [0.25, 0.3) is 11.8 Å². The lowest BCUT2D eigenvalue weighted by Crippen LogP contribution is -2.28. The summed E-state index contributed by atoms with van der Waals surface area (Å²) in [5.74, 6) is 1.12. The summed E-state index contributed by atoms with van der Waals surface area (Å²) in [6.45, 7) is 7.43. The number of ether oxygens (including phenoxy) is 3. The highest BCUT2D eigenvalue weighted by molar-refractivity contribution is 6.07. The Hall–Kier alpha value is -3.94. The number of benzene rings is 2. The van der Waals surface area contributed by atoms with Crippen LogP contribution in [0.15, 0.2) is 53.1 Å². The highest BCUT2D eigenvalue weighted by atomic mass is 16.5.